The van der Waals surface area contributed by atoms with E-state index in [2.05, 4.69) is 56.2 Å². The van der Waals surface area contributed by atoms with Crippen LogP contribution in [0.3, 0.4) is 0 Å². The number of benzene rings is 2. The zero-order valence-corrected chi connectivity index (χ0v) is 16.2. The quantitative estimate of drug-likeness (QED) is 0.514. The normalized spacial score (nSPS) is 15.7. The average Bonchev–Trinajstić information content (AvgIpc) is 3.19. The molecule has 144 valence electrons. The van der Waals surface area contributed by atoms with Crippen molar-refractivity contribution in [3.05, 3.63) is 78.4 Å². The van der Waals surface area contributed by atoms with Crippen LogP contribution in [0.4, 0.5) is 0 Å². The second kappa shape index (κ2) is 8.25. The molecule has 6 heteroatoms. The molecule has 28 heavy (non-hydrogen) atoms. The first-order valence-corrected chi connectivity index (χ1v) is 9.75. The number of guanidine groups is 1. The Morgan fingerprint density at radius 1 is 1.04 bits per heavy atom. The molecule has 1 saturated carbocycles. The lowest BCUT2D eigenvalue weighted by atomic mass is 9.64. The lowest BCUT2D eigenvalue weighted by molar-refractivity contribution is 0.244. The Hall–Kier alpha value is -3.15. The number of nitrogens with zero attached hydrogens (tertiary/aromatic N) is 4. The van der Waals surface area contributed by atoms with Crippen LogP contribution in [0.15, 0.2) is 72.0 Å². The first-order chi connectivity index (χ1) is 13.8. The molecule has 0 radical (unpaired) electrons. The summed E-state index contributed by atoms with van der Waals surface area (Å²) in [5.74, 6) is 1.63. The van der Waals surface area contributed by atoms with Crippen LogP contribution in [-0.2, 0) is 12.0 Å². The predicted octanol–water partition coefficient (Wildman–Crippen LogP) is 3.05. The molecule has 0 spiro atoms. The van der Waals surface area contributed by atoms with Gasteiger partial charge >= 0.3 is 0 Å². The van der Waals surface area contributed by atoms with Gasteiger partial charge in [0.25, 0.3) is 0 Å². The molecule has 0 unspecified atom stereocenters. The molecule has 0 bridgehead atoms. The maximum Gasteiger partial charge on any atom is 0.191 e. The maximum atomic E-state index is 4.38. The molecule has 1 aliphatic rings. The fourth-order valence-electron chi connectivity index (χ4n) is 3.78. The summed E-state index contributed by atoms with van der Waals surface area (Å²) in [7, 11) is 1.80. The van der Waals surface area contributed by atoms with Crippen molar-refractivity contribution in [2.45, 2.75) is 31.2 Å². The first kappa shape index (κ1) is 18.2. The van der Waals surface area contributed by atoms with Crippen LogP contribution >= 0.6 is 0 Å². The van der Waals surface area contributed by atoms with E-state index in [1.807, 2.05) is 34.9 Å². The van der Waals surface area contributed by atoms with Crippen molar-refractivity contribution < 1.29 is 0 Å². The monoisotopic (exact) mass is 374 g/mol. The Bertz CT molecular complexity index is 912. The molecule has 4 rings (SSSR count). The average molecular weight is 374 g/mol. The van der Waals surface area contributed by atoms with Gasteiger partial charge in [-0.05, 0) is 30.5 Å². The Labute approximate surface area is 165 Å². The van der Waals surface area contributed by atoms with Gasteiger partial charge in [0.2, 0.25) is 0 Å². The van der Waals surface area contributed by atoms with Crippen LogP contribution in [0.1, 0.15) is 30.7 Å². The minimum atomic E-state index is 0.211. The largest absolute Gasteiger partial charge is 0.356 e. The predicted molar refractivity (Wildman–Crippen MR) is 112 cm³/mol. The van der Waals surface area contributed by atoms with Crippen molar-refractivity contribution >= 4 is 5.96 Å². The third kappa shape index (κ3) is 3.76. The number of nitrogens with one attached hydrogen (secondary N) is 2. The topological polar surface area (TPSA) is 67.1 Å². The van der Waals surface area contributed by atoms with E-state index < -0.39 is 0 Å². The van der Waals surface area contributed by atoms with Crippen molar-refractivity contribution in [3.8, 4) is 5.69 Å². The Balaban J connectivity index is 1.38. The number of aliphatic imine (C=N–C) groups is 1. The molecule has 1 aromatic heterocycles. The summed E-state index contributed by atoms with van der Waals surface area (Å²) in [6.07, 6.45) is 5.44. The molecule has 2 aromatic carbocycles. The Morgan fingerprint density at radius 3 is 2.39 bits per heavy atom. The summed E-state index contributed by atoms with van der Waals surface area (Å²) in [6, 6.07) is 20.9. The van der Waals surface area contributed by atoms with E-state index in [0.717, 1.165) is 24.0 Å². The number of aromatic nitrogens is 3. The number of hydrogen-bond acceptors (Lipinski definition) is 3. The van der Waals surface area contributed by atoms with Gasteiger partial charge in [0.15, 0.2) is 11.8 Å². The van der Waals surface area contributed by atoms with Gasteiger partial charge in [0.05, 0.1) is 6.54 Å². The molecule has 1 aliphatic carbocycles. The van der Waals surface area contributed by atoms with E-state index in [9.17, 15) is 0 Å². The van der Waals surface area contributed by atoms with Gasteiger partial charge in [-0.3, -0.25) is 9.56 Å². The van der Waals surface area contributed by atoms with E-state index in [0.29, 0.717) is 6.54 Å². The second-order valence-corrected chi connectivity index (χ2v) is 7.23. The summed E-state index contributed by atoms with van der Waals surface area (Å²) < 4.78 is 1.98. The molecule has 2 N–H and O–H groups in total. The third-order valence-electron chi connectivity index (χ3n) is 5.58. The summed E-state index contributed by atoms with van der Waals surface area (Å²) in [6.45, 7) is 1.43. The highest BCUT2D eigenvalue weighted by atomic mass is 15.3. The van der Waals surface area contributed by atoms with Crippen LogP contribution in [0.2, 0.25) is 0 Å². The van der Waals surface area contributed by atoms with E-state index in [4.69, 9.17) is 0 Å². The zero-order chi connectivity index (χ0) is 19.2. The highest BCUT2D eigenvalue weighted by Gasteiger charge is 2.38. The molecule has 1 heterocycles. The SMILES string of the molecule is CN=C(NCc1nncn1-c1ccccc1)NCC1(c2ccccc2)CCC1. The Morgan fingerprint density at radius 2 is 1.75 bits per heavy atom. The van der Waals surface area contributed by atoms with Gasteiger partial charge < -0.3 is 10.6 Å². The third-order valence-corrected chi connectivity index (χ3v) is 5.58. The second-order valence-electron chi connectivity index (χ2n) is 7.23. The summed E-state index contributed by atoms with van der Waals surface area (Å²) in [5.41, 5.74) is 2.67. The summed E-state index contributed by atoms with van der Waals surface area (Å²) >= 11 is 0. The minimum Gasteiger partial charge on any atom is -0.356 e. The molecule has 0 saturated heterocycles. The van der Waals surface area contributed by atoms with Crippen LogP contribution in [0, 0.1) is 0 Å². The first-order valence-electron chi connectivity index (χ1n) is 9.75. The van der Waals surface area contributed by atoms with Crippen molar-refractivity contribution in [2.75, 3.05) is 13.6 Å². The molecule has 0 atom stereocenters. The molecule has 1 fully saturated rings. The standard InChI is InChI=1S/C22H26N6/c1-23-21(25-16-22(13-8-14-22)18-9-4-2-5-10-18)24-15-20-27-26-17-28(20)19-11-6-3-7-12-19/h2-7,9-12,17H,8,13-16H2,1H3,(H2,23,24,25). The molecule has 0 amide bonds. The lowest BCUT2D eigenvalue weighted by Gasteiger charge is -2.43. The molecular weight excluding hydrogens is 348 g/mol. The van der Waals surface area contributed by atoms with Crippen molar-refractivity contribution in [1.29, 1.82) is 0 Å². The van der Waals surface area contributed by atoms with Gasteiger partial charge in [0, 0.05) is 24.7 Å². The molecular formula is C22H26N6. The summed E-state index contributed by atoms with van der Waals surface area (Å²) in [5, 5.41) is 15.2. The smallest absolute Gasteiger partial charge is 0.191 e. The molecule has 3 aromatic rings. The number of hydrogen-bond donors (Lipinski definition) is 2. The van der Waals surface area contributed by atoms with Crippen LogP contribution in [-0.4, -0.2) is 34.3 Å². The van der Waals surface area contributed by atoms with E-state index in [-0.39, 0.29) is 5.41 Å². The fourth-order valence-corrected chi connectivity index (χ4v) is 3.78. The van der Waals surface area contributed by atoms with Crippen molar-refractivity contribution in [2.24, 2.45) is 4.99 Å². The van der Waals surface area contributed by atoms with Gasteiger partial charge in [-0.1, -0.05) is 55.0 Å². The number of para-hydroxylation sites is 1. The van der Waals surface area contributed by atoms with Gasteiger partial charge in [0.1, 0.15) is 6.33 Å². The van der Waals surface area contributed by atoms with Gasteiger partial charge in [-0.2, -0.15) is 0 Å². The molecule has 6 nitrogen and oxygen atoms in total. The zero-order valence-electron chi connectivity index (χ0n) is 16.2. The molecule has 0 aliphatic heterocycles. The minimum absolute atomic E-state index is 0.211. The summed E-state index contributed by atoms with van der Waals surface area (Å²) in [4.78, 5) is 4.38. The number of rotatable bonds is 6. The lowest BCUT2D eigenvalue weighted by Crippen LogP contribution is -2.48. The van der Waals surface area contributed by atoms with E-state index in [1.54, 1.807) is 13.4 Å². The van der Waals surface area contributed by atoms with Crippen LogP contribution in [0.5, 0.6) is 0 Å². The van der Waals surface area contributed by atoms with Gasteiger partial charge in [-0.25, -0.2) is 0 Å². The maximum absolute atomic E-state index is 4.38. The van der Waals surface area contributed by atoms with E-state index in [1.165, 1.54) is 24.8 Å². The van der Waals surface area contributed by atoms with Crippen molar-refractivity contribution in [3.63, 3.8) is 0 Å². The highest BCUT2D eigenvalue weighted by Crippen LogP contribution is 2.43. The van der Waals surface area contributed by atoms with Gasteiger partial charge in [-0.15, -0.1) is 10.2 Å². The fraction of sp³-hybridized carbons (Fsp3) is 0.318. The van der Waals surface area contributed by atoms with E-state index >= 15 is 0 Å². The van der Waals surface area contributed by atoms with Crippen LogP contribution < -0.4 is 10.6 Å². The highest BCUT2D eigenvalue weighted by molar-refractivity contribution is 5.79. The Kier molecular flexibility index (Phi) is 5.37. The van der Waals surface area contributed by atoms with Crippen LogP contribution in [0.25, 0.3) is 5.69 Å². The van der Waals surface area contributed by atoms with Crippen molar-refractivity contribution in [1.82, 2.24) is 25.4 Å².